The maximum absolute atomic E-state index is 12.6. The van der Waals surface area contributed by atoms with Crippen molar-refractivity contribution in [3.8, 4) is 5.75 Å². The fourth-order valence-electron chi connectivity index (χ4n) is 3.99. The Morgan fingerprint density at radius 1 is 1.23 bits per heavy atom. The molecule has 2 aliphatic heterocycles. The molecule has 31 heavy (non-hydrogen) atoms. The van der Waals surface area contributed by atoms with Gasteiger partial charge in [0.15, 0.2) is 5.60 Å². The highest BCUT2D eigenvalue weighted by Crippen LogP contribution is 2.40. The first-order valence-electron chi connectivity index (χ1n) is 9.97. The number of ether oxygens (including phenoxy) is 2. The lowest BCUT2D eigenvalue weighted by atomic mass is 9.97. The molecule has 3 aromatic rings. The lowest BCUT2D eigenvalue weighted by molar-refractivity contribution is 0.0142. The molecule has 2 saturated heterocycles. The molecule has 0 unspecified atom stereocenters. The number of carbonyl (C=O) groups excluding carboxylic acids is 1. The average Bonchev–Trinajstić information content (AvgIpc) is 3.11. The van der Waals surface area contributed by atoms with Gasteiger partial charge in [-0.05, 0) is 43.2 Å². The zero-order valence-electron chi connectivity index (χ0n) is 17.5. The van der Waals surface area contributed by atoms with E-state index in [1.54, 1.807) is 12.0 Å². The summed E-state index contributed by atoms with van der Waals surface area (Å²) in [6.07, 6.45) is 1.12. The van der Waals surface area contributed by atoms with Crippen molar-refractivity contribution in [3.63, 3.8) is 0 Å². The molecule has 9 heteroatoms. The van der Waals surface area contributed by atoms with Gasteiger partial charge in [-0.25, -0.2) is 14.8 Å². The molecule has 2 aliphatic rings. The van der Waals surface area contributed by atoms with Gasteiger partial charge < -0.3 is 20.1 Å². The molecule has 2 aromatic carbocycles. The molecule has 0 atom stereocenters. The van der Waals surface area contributed by atoms with Crippen LogP contribution >= 0.6 is 11.6 Å². The molecule has 0 radical (unpaired) electrons. The molecule has 8 nitrogen and oxygen atoms in total. The second kappa shape index (κ2) is 7.25. The number of nitrogens with zero attached hydrogens (tertiary/aromatic N) is 3. The molecular formula is C22H22ClN5O3. The first-order valence-corrected chi connectivity index (χ1v) is 10.4. The zero-order chi connectivity index (χ0) is 21.8. The molecule has 1 spiro atoms. The lowest BCUT2D eigenvalue weighted by Crippen LogP contribution is -2.61. The summed E-state index contributed by atoms with van der Waals surface area (Å²) in [5.41, 5.74) is 3.81. The number of amides is 1. The monoisotopic (exact) mass is 439 g/mol. The van der Waals surface area contributed by atoms with E-state index in [1.807, 2.05) is 38.1 Å². The van der Waals surface area contributed by atoms with E-state index in [0.29, 0.717) is 42.4 Å². The van der Waals surface area contributed by atoms with Gasteiger partial charge in [0, 0.05) is 35.3 Å². The third kappa shape index (κ3) is 3.23. The summed E-state index contributed by atoms with van der Waals surface area (Å²) in [5, 5.41) is 8.05. The van der Waals surface area contributed by atoms with Crippen molar-refractivity contribution < 1.29 is 14.3 Å². The molecule has 3 heterocycles. The summed E-state index contributed by atoms with van der Waals surface area (Å²) in [6, 6.07) is 7.47. The Bertz CT molecular complexity index is 1210. The van der Waals surface area contributed by atoms with Gasteiger partial charge in [-0.3, -0.25) is 4.90 Å². The molecular weight excluding hydrogens is 418 g/mol. The van der Waals surface area contributed by atoms with E-state index < -0.39 is 5.60 Å². The minimum atomic E-state index is -0.469. The van der Waals surface area contributed by atoms with Crippen LogP contribution in [0.5, 0.6) is 5.75 Å². The number of nitrogens with one attached hydrogen (secondary N) is 2. The maximum atomic E-state index is 12.6. The molecule has 0 saturated carbocycles. The zero-order valence-corrected chi connectivity index (χ0v) is 18.2. The number of fused-ring (bicyclic) bond motifs is 1. The van der Waals surface area contributed by atoms with Gasteiger partial charge >= 0.3 is 6.09 Å². The fourth-order valence-corrected chi connectivity index (χ4v) is 4.20. The first kappa shape index (κ1) is 19.8. The summed E-state index contributed by atoms with van der Waals surface area (Å²) >= 11 is 6.24. The minimum Gasteiger partial charge on any atom is -0.494 e. The highest BCUT2D eigenvalue weighted by Gasteiger charge is 2.50. The van der Waals surface area contributed by atoms with Crippen LogP contribution in [0.15, 0.2) is 30.6 Å². The predicted molar refractivity (Wildman–Crippen MR) is 120 cm³/mol. The van der Waals surface area contributed by atoms with Crippen LogP contribution in [-0.4, -0.2) is 48.4 Å². The van der Waals surface area contributed by atoms with Crippen LogP contribution < -0.4 is 20.3 Å². The fraction of sp³-hybridized carbons (Fsp3) is 0.318. The second-order valence-corrected chi connectivity index (χ2v) is 8.38. The van der Waals surface area contributed by atoms with Gasteiger partial charge in [0.25, 0.3) is 0 Å². The van der Waals surface area contributed by atoms with Crippen molar-refractivity contribution in [2.24, 2.45) is 0 Å². The van der Waals surface area contributed by atoms with Crippen molar-refractivity contribution >= 4 is 45.8 Å². The van der Waals surface area contributed by atoms with E-state index in [9.17, 15) is 4.79 Å². The number of carbonyl (C=O) groups is 1. The number of halogens is 1. The topological polar surface area (TPSA) is 88.6 Å². The average molecular weight is 440 g/mol. The van der Waals surface area contributed by atoms with Crippen LogP contribution in [0.2, 0.25) is 5.02 Å². The van der Waals surface area contributed by atoms with E-state index in [4.69, 9.17) is 21.1 Å². The van der Waals surface area contributed by atoms with E-state index in [0.717, 1.165) is 27.2 Å². The number of anilines is 3. The van der Waals surface area contributed by atoms with Crippen molar-refractivity contribution in [2.75, 3.05) is 37.0 Å². The SMILES string of the molecule is COc1cc2ncnc(Nc3ccc(Cl)c(C)c3C)c2cc1N1CC2(CNC2)OC1=O. The van der Waals surface area contributed by atoms with Crippen molar-refractivity contribution in [3.05, 3.63) is 46.7 Å². The number of rotatable bonds is 4. The van der Waals surface area contributed by atoms with E-state index in [2.05, 4.69) is 20.6 Å². The van der Waals surface area contributed by atoms with Crippen molar-refractivity contribution in [2.45, 2.75) is 19.4 Å². The van der Waals surface area contributed by atoms with Gasteiger partial charge in [0.2, 0.25) is 0 Å². The Labute approximate surface area is 184 Å². The molecule has 1 amide bonds. The highest BCUT2D eigenvalue weighted by atomic mass is 35.5. The Morgan fingerprint density at radius 3 is 2.71 bits per heavy atom. The summed E-state index contributed by atoms with van der Waals surface area (Å²) in [7, 11) is 1.58. The molecule has 2 fully saturated rings. The van der Waals surface area contributed by atoms with E-state index in [1.165, 1.54) is 6.33 Å². The Kier molecular flexibility index (Phi) is 4.64. The normalized spacial score (nSPS) is 17.0. The van der Waals surface area contributed by atoms with Crippen LogP contribution in [0, 0.1) is 13.8 Å². The summed E-state index contributed by atoms with van der Waals surface area (Å²) in [5.74, 6) is 1.18. The van der Waals surface area contributed by atoms with Gasteiger partial charge in [-0.1, -0.05) is 11.6 Å². The highest BCUT2D eigenvalue weighted by molar-refractivity contribution is 6.31. The summed E-state index contributed by atoms with van der Waals surface area (Å²) in [6.45, 7) is 5.75. The van der Waals surface area contributed by atoms with E-state index in [-0.39, 0.29) is 6.09 Å². The van der Waals surface area contributed by atoms with Crippen LogP contribution in [0.25, 0.3) is 10.9 Å². The molecule has 1 aromatic heterocycles. The smallest absolute Gasteiger partial charge is 0.415 e. The molecule has 0 aliphatic carbocycles. The van der Waals surface area contributed by atoms with Gasteiger partial charge in [-0.2, -0.15) is 0 Å². The number of benzene rings is 2. The number of methoxy groups -OCH3 is 1. The maximum Gasteiger partial charge on any atom is 0.415 e. The second-order valence-electron chi connectivity index (χ2n) is 7.97. The van der Waals surface area contributed by atoms with E-state index >= 15 is 0 Å². The number of hydrogen-bond donors (Lipinski definition) is 2. The molecule has 5 rings (SSSR count). The van der Waals surface area contributed by atoms with Crippen molar-refractivity contribution in [1.82, 2.24) is 15.3 Å². The minimum absolute atomic E-state index is 0.380. The molecule has 160 valence electrons. The Balaban J connectivity index is 1.59. The van der Waals surface area contributed by atoms with Gasteiger partial charge in [-0.15, -0.1) is 0 Å². The van der Waals surface area contributed by atoms with Crippen molar-refractivity contribution in [1.29, 1.82) is 0 Å². The van der Waals surface area contributed by atoms with Crippen LogP contribution in [0.1, 0.15) is 11.1 Å². The Morgan fingerprint density at radius 2 is 2.03 bits per heavy atom. The van der Waals surface area contributed by atoms with Crippen LogP contribution in [0.3, 0.4) is 0 Å². The predicted octanol–water partition coefficient (Wildman–Crippen LogP) is 3.95. The largest absolute Gasteiger partial charge is 0.494 e. The first-order chi connectivity index (χ1) is 14.9. The summed E-state index contributed by atoms with van der Waals surface area (Å²) in [4.78, 5) is 23.1. The van der Waals surface area contributed by atoms with Crippen LogP contribution in [-0.2, 0) is 4.74 Å². The third-order valence-electron chi connectivity index (χ3n) is 6.07. The standard InChI is InChI=1S/C22H22ClN5O3/c1-12-13(2)16(5-4-15(12)23)27-20-14-6-18(19(30-3)7-17(14)25-11-26-20)28-10-22(8-24-9-22)31-21(28)29/h4-7,11,24H,8-10H2,1-3H3,(H,25,26,27). The number of aromatic nitrogens is 2. The quantitative estimate of drug-likeness (QED) is 0.636. The van der Waals surface area contributed by atoms with Crippen LogP contribution in [0.4, 0.5) is 22.0 Å². The van der Waals surface area contributed by atoms with Gasteiger partial charge in [0.1, 0.15) is 17.9 Å². The third-order valence-corrected chi connectivity index (χ3v) is 6.48. The Hall–Kier alpha value is -3.10. The lowest BCUT2D eigenvalue weighted by Gasteiger charge is -2.36. The summed E-state index contributed by atoms with van der Waals surface area (Å²) < 4.78 is 11.2. The van der Waals surface area contributed by atoms with Gasteiger partial charge in [0.05, 0.1) is 24.9 Å². The molecule has 0 bridgehead atoms. The number of hydrogen-bond acceptors (Lipinski definition) is 7. The molecule has 2 N–H and O–H groups in total.